The third-order valence-electron chi connectivity index (χ3n) is 5.21. The van der Waals surface area contributed by atoms with Crippen molar-refractivity contribution in [3.8, 4) is 0 Å². The Morgan fingerprint density at radius 3 is 2.53 bits per heavy atom. The Hall–Kier alpha value is -0.260. The molecule has 3 atom stereocenters. The van der Waals surface area contributed by atoms with Gasteiger partial charge in [-0.25, -0.2) is 0 Å². The highest BCUT2D eigenvalue weighted by atomic mass is 14.5. The lowest BCUT2D eigenvalue weighted by Gasteiger charge is -2.31. The molecule has 2 fully saturated rings. The predicted octanol–water partition coefficient (Wildman–Crippen LogP) is 5.44. The van der Waals surface area contributed by atoms with Crippen LogP contribution in [-0.2, 0) is 0 Å². The van der Waals surface area contributed by atoms with Crippen molar-refractivity contribution >= 4 is 0 Å². The van der Waals surface area contributed by atoms with E-state index in [4.69, 9.17) is 0 Å². The van der Waals surface area contributed by atoms with Gasteiger partial charge in [-0.1, -0.05) is 52.2 Å². The molecule has 0 aromatic rings. The molecular weight excluding hydrogens is 204 g/mol. The second-order valence-corrected chi connectivity index (χ2v) is 6.66. The fraction of sp³-hybridized carbons (Fsp3) is 0.882. The Labute approximate surface area is 108 Å². The van der Waals surface area contributed by atoms with Crippen molar-refractivity contribution in [1.29, 1.82) is 0 Å². The Morgan fingerprint density at radius 2 is 1.88 bits per heavy atom. The fourth-order valence-corrected chi connectivity index (χ4v) is 3.66. The number of unbranched alkanes of at least 4 members (excludes halogenated alkanes) is 1. The van der Waals surface area contributed by atoms with Crippen LogP contribution in [0.15, 0.2) is 12.2 Å². The Bertz CT molecular complexity index is 245. The molecule has 17 heavy (non-hydrogen) atoms. The molecule has 0 radical (unpaired) electrons. The van der Waals surface area contributed by atoms with Gasteiger partial charge in [-0.15, -0.1) is 0 Å². The largest absolute Gasteiger partial charge is 0.0883 e. The van der Waals surface area contributed by atoms with Gasteiger partial charge in [0.2, 0.25) is 0 Å². The van der Waals surface area contributed by atoms with E-state index in [-0.39, 0.29) is 0 Å². The van der Waals surface area contributed by atoms with Crippen molar-refractivity contribution in [2.75, 3.05) is 0 Å². The Kier molecular flexibility index (Phi) is 4.70. The minimum atomic E-state index is 0.941. The zero-order chi connectivity index (χ0) is 12.3. The molecule has 0 nitrogen and oxygen atoms in total. The van der Waals surface area contributed by atoms with E-state index in [0.29, 0.717) is 0 Å². The summed E-state index contributed by atoms with van der Waals surface area (Å²) in [6, 6.07) is 0. The van der Waals surface area contributed by atoms with Crippen LogP contribution >= 0.6 is 0 Å². The molecule has 2 saturated carbocycles. The summed E-state index contributed by atoms with van der Waals surface area (Å²) >= 11 is 0. The van der Waals surface area contributed by atoms with Gasteiger partial charge in [0.15, 0.2) is 0 Å². The van der Waals surface area contributed by atoms with Crippen LogP contribution in [0.25, 0.3) is 0 Å². The lowest BCUT2D eigenvalue weighted by Crippen LogP contribution is -2.20. The fourth-order valence-electron chi connectivity index (χ4n) is 3.66. The molecule has 0 saturated heterocycles. The molecule has 0 aliphatic heterocycles. The summed E-state index contributed by atoms with van der Waals surface area (Å²) in [4.78, 5) is 0. The summed E-state index contributed by atoms with van der Waals surface area (Å²) in [5, 5.41) is 0. The highest BCUT2D eigenvalue weighted by molar-refractivity contribution is 5.04. The van der Waals surface area contributed by atoms with Gasteiger partial charge in [-0.05, 0) is 55.3 Å². The van der Waals surface area contributed by atoms with Crippen LogP contribution in [0.2, 0.25) is 0 Å². The summed E-state index contributed by atoms with van der Waals surface area (Å²) in [5.74, 6) is 5.00. The zero-order valence-electron chi connectivity index (χ0n) is 12.0. The van der Waals surface area contributed by atoms with Gasteiger partial charge in [-0.2, -0.15) is 0 Å². The summed E-state index contributed by atoms with van der Waals surface area (Å²) < 4.78 is 0. The van der Waals surface area contributed by atoms with E-state index < -0.39 is 0 Å². The highest BCUT2D eigenvalue weighted by Gasteiger charge is 2.42. The molecule has 0 amide bonds. The van der Waals surface area contributed by atoms with E-state index in [1.807, 2.05) is 0 Å². The highest BCUT2D eigenvalue weighted by Crippen LogP contribution is 2.50. The van der Waals surface area contributed by atoms with Gasteiger partial charge in [-0.3, -0.25) is 0 Å². The number of hydrogen-bond acceptors (Lipinski definition) is 0. The molecule has 2 aliphatic rings. The van der Waals surface area contributed by atoms with Gasteiger partial charge in [0.05, 0.1) is 0 Å². The quantitative estimate of drug-likeness (QED) is 0.556. The van der Waals surface area contributed by atoms with Crippen molar-refractivity contribution in [1.82, 2.24) is 0 Å². The molecule has 0 aromatic heterocycles. The molecule has 2 aliphatic carbocycles. The molecule has 0 aromatic carbocycles. The van der Waals surface area contributed by atoms with Crippen molar-refractivity contribution in [3.63, 3.8) is 0 Å². The van der Waals surface area contributed by atoms with E-state index in [9.17, 15) is 0 Å². The molecule has 98 valence electrons. The van der Waals surface area contributed by atoms with Crippen LogP contribution in [0.4, 0.5) is 0 Å². The maximum atomic E-state index is 2.53. The predicted molar refractivity (Wildman–Crippen MR) is 75.9 cm³/mol. The van der Waals surface area contributed by atoms with Gasteiger partial charge < -0.3 is 0 Å². The van der Waals surface area contributed by atoms with Crippen molar-refractivity contribution < 1.29 is 0 Å². The first-order valence-electron chi connectivity index (χ1n) is 7.89. The summed E-state index contributed by atoms with van der Waals surface area (Å²) in [6.07, 6.45) is 15.0. The molecule has 0 N–H and O–H groups in total. The Balaban J connectivity index is 1.73. The summed E-state index contributed by atoms with van der Waals surface area (Å²) in [6.45, 7) is 7.22. The number of hydrogen-bond donors (Lipinski definition) is 0. The maximum Gasteiger partial charge on any atom is -0.0199 e. The summed E-state index contributed by atoms with van der Waals surface area (Å²) in [7, 11) is 0. The normalized spacial score (nSPS) is 39.5. The van der Waals surface area contributed by atoms with Gasteiger partial charge in [0.25, 0.3) is 0 Å². The van der Waals surface area contributed by atoms with Crippen molar-refractivity contribution in [2.24, 2.45) is 29.6 Å². The molecule has 0 heterocycles. The first-order chi connectivity index (χ1) is 8.22. The molecule has 2 rings (SSSR count). The average molecular weight is 234 g/mol. The van der Waals surface area contributed by atoms with Gasteiger partial charge in [0, 0.05) is 0 Å². The first kappa shape index (κ1) is 13.2. The van der Waals surface area contributed by atoms with Gasteiger partial charge in [0.1, 0.15) is 0 Å². The topological polar surface area (TPSA) is 0 Å². The second kappa shape index (κ2) is 6.07. The van der Waals surface area contributed by atoms with Crippen LogP contribution in [0.1, 0.15) is 65.7 Å². The lowest BCUT2D eigenvalue weighted by atomic mass is 9.75. The standard InChI is InChI=1S/C17H30/c1-4-5-6-7-16-12-17(16)14(3)15-10-8-13(2)9-11-15/h6-7,13-17H,4-5,8-12H2,1-3H3/b7-6-. The van der Waals surface area contributed by atoms with Crippen LogP contribution < -0.4 is 0 Å². The van der Waals surface area contributed by atoms with Crippen LogP contribution in [-0.4, -0.2) is 0 Å². The van der Waals surface area contributed by atoms with E-state index in [1.54, 1.807) is 0 Å². The van der Waals surface area contributed by atoms with Gasteiger partial charge >= 0.3 is 0 Å². The smallest absolute Gasteiger partial charge is 0.0199 e. The molecule has 3 unspecified atom stereocenters. The van der Waals surface area contributed by atoms with E-state index >= 15 is 0 Å². The van der Waals surface area contributed by atoms with Crippen molar-refractivity contribution in [3.05, 3.63) is 12.2 Å². The monoisotopic (exact) mass is 234 g/mol. The van der Waals surface area contributed by atoms with E-state index in [2.05, 4.69) is 32.9 Å². The van der Waals surface area contributed by atoms with Crippen LogP contribution in [0.5, 0.6) is 0 Å². The van der Waals surface area contributed by atoms with E-state index in [1.165, 1.54) is 44.9 Å². The second-order valence-electron chi connectivity index (χ2n) is 6.66. The minimum absolute atomic E-state index is 0.941. The first-order valence-corrected chi connectivity index (χ1v) is 7.89. The average Bonchev–Trinajstić information content (AvgIpc) is 3.09. The number of allylic oxidation sites excluding steroid dienone is 2. The van der Waals surface area contributed by atoms with Crippen molar-refractivity contribution in [2.45, 2.75) is 65.7 Å². The minimum Gasteiger partial charge on any atom is -0.0883 e. The maximum absolute atomic E-state index is 2.53. The lowest BCUT2D eigenvalue weighted by molar-refractivity contribution is 0.203. The Morgan fingerprint density at radius 1 is 1.18 bits per heavy atom. The third kappa shape index (κ3) is 3.60. The van der Waals surface area contributed by atoms with E-state index in [0.717, 1.165) is 29.6 Å². The summed E-state index contributed by atoms with van der Waals surface area (Å²) in [5.41, 5.74) is 0. The third-order valence-corrected chi connectivity index (χ3v) is 5.21. The zero-order valence-corrected chi connectivity index (χ0v) is 12.0. The molecule has 0 spiro atoms. The van der Waals surface area contributed by atoms with Crippen LogP contribution in [0.3, 0.4) is 0 Å². The molecule has 0 bridgehead atoms. The molecule has 0 heteroatoms. The van der Waals surface area contributed by atoms with Crippen LogP contribution in [0, 0.1) is 29.6 Å². The molecular formula is C17H30. The SMILES string of the molecule is CCC/C=C\C1CC1C(C)C1CCC(C)CC1. The number of rotatable bonds is 5.